The zero-order valence-corrected chi connectivity index (χ0v) is 28.6. The summed E-state index contributed by atoms with van der Waals surface area (Å²) in [4.78, 5) is 24.9. The minimum absolute atomic E-state index is 0.0267. The van der Waals surface area contributed by atoms with Gasteiger partial charge in [0.05, 0.1) is 36.4 Å². The highest BCUT2D eigenvalue weighted by atomic mass is 32.2. The molecule has 0 spiro atoms. The van der Waals surface area contributed by atoms with Crippen molar-refractivity contribution >= 4 is 27.9 Å². The van der Waals surface area contributed by atoms with Crippen LogP contribution in [0.2, 0.25) is 0 Å². The van der Waals surface area contributed by atoms with Crippen LogP contribution in [-0.4, -0.2) is 94.0 Å². The molecule has 3 aliphatic rings. The lowest BCUT2D eigenvalue weighted by molar-refractivity contribution is -0.153. The smallest absolute Gasteiger partial charge is 0.407 e. The number of aliphatic hydroxyl groups is 1. The van der Waals surface area contributed by atoms with E-state index in [0.717, 1.165) is 18.4 Å². The molecule has 2 aromatic carbocycles. The summed E-state index contributed by atoms with van der Waals surface area (Å²) in [5.74, 6) is 0.339. The van der Waals surface area contributed by atoms with Gasteiger partial charge in [0.2, 0.25) is 10.0 Å². The molecule has 48 heavy (non-hydrogen) atoms. The predicted molar refractivity (Wildman–Crippen MR) is 177 cm³/mol. The summed E-state index contributed by atoms with van der Waals surface area (Å²) >= 11 is 0. The van der Waals surface area contributed by atoms with E-state index in [0.29, 0.717) is 31.1 Å². The SMILES string of the molecule is CNC(=O)OCCCC(C)(C)CN(C[C@@H](O)[C@H](Cc1ccccc1)NC(=O)OC1C2COC3OC1CC3C2)S(=O)(=O)c1ccc(N)cc1. The fourth-order valence-corrected chi connectivity index (χ4v) is 8.55. The lowest BCUT2D eigenvalue weighted by Crippen LogP contribution is -2.53. The summed E-state index contributed by atoms with van der Waals surface area (Å²) < 4.78 is 52.3. The first-order chi connectivity index (χ1) is 22.8. The zero-order chi connectivity index (χ0) is 34.5. The molecule has 2 aromatic rings. The van der Waals surface area contributed by atoms with Gasteiger partial charge in [-0.3, -0.25) is 0 Å². The normalized spacial score (nSPS) is 24.6. The molecule has 2 heterocycles. The van der Waals surface area contributed by atoms with Crippen molar-refractivity contribution < 1.29 is 42.1 Å². The van der Waals surface area contributed by atoms with Crippen LogP contribution in [0.5, 0.6) is 0 Å². The number of rotatable bonds is 15. The maximum Gasteiger partial charge on any atom is 0.407 e. The van der Waals surface area contributed by atoms with Gasteiger partial charge in [-0.1, -0.05) is 44.2 Å². The average molecular weight is 689 g/mol. The molecule has 2 aliphatic heterocycles. The number of ether oxygens (including phenoxy) is 4. The number of hydrogen-bond acceptors (Lipinski definition) is 10. The second kappa shape index (κ2) is 15.4. The molecule has 1 aliphatic carbocycles. The largest absolute Gasteiger partial charge is 0.450 e. The van der Waals surface area contributed by atoms with Gasteiger partial charge in [0, 0.05) is 37.7 Å². The number of carbonyl (C=O) groups excluding carboxylic acids is 2. The second-order valence-corrected chi connectivity index (χ2v) is 15.7. The Morgan fingerprint density at radius 1 is 1.08 bits per heavy atom. The minimum atomic E-state index is -4.12. The van der Waals surface area contributed by atoms with Crippen molar-refractivity contribution in [3.63, 3.8) is 0 Å². The third-order valence-corrected chi connectivity index (χ3v) is 11.2. The Morgan fingerprint density at radius 3 is 2.52 bits per heavy atom. The Morgan fingerprint density at radius 2 is 1.81 bits per heavy atom. The van der Waals surface area contributed by atoms with Crippen molar-refractivity contribution in [2.75, 3.05) is 39.1 Å². The van der Waals surface area contributed by atoms with Crippen LogP contribution < -0.4 is 16.4 Å². The van der Waals surface area contributed by atoms with Crippen LogP contribution in [0.15, 0.2) is 59.5 Å². The van der Waals surface area contributed by atoms with Gasteiger partial charge in [-0.05, 0) is 67.3 Å². The van der Waals surface area contributed by atoms with Crippen molar-refractivity contribution in [3.05, 3.63) is 60.2 Å². The Labute approximate surface area is 282 Å². The summed E-state index contributed by atoms with van der Waals surface area (Å²) in [7, 11) is -2.64. The van der Waals surface area contributed by atoms with E-state index in [1.807, 2.05) is 44.2 Å². The number of nitrogens with zero attached hydrogens (tertiary/aromatic N) is 1. The summed E-state index contributed by atoms with van der Waals surface area (Å²) in [6.07, 6.45) is -0.636. The fourth-order valence-electron chi connectivity index (χ4n) is 6.90. The summed E-state index contributed by atoms with van der Waals surface area (Å²) in [6, 6.07) is 14.3. The van der Waals surface area contributed by atoms with E-state index < -0.39 is 45.9 Å². The van der Waals surface area contributed by atoms with Gasteiger partial charge in [0.15, 0.2) is 6.29 Å². The highest BCUT2D eigenvalue weighted by molar-refractivity contribution is 7.89. The molecule has 0 aromatic heterocycles. The van der Waals surface area contributed by atoms with Gasteiger partial charge in [-0.2, -0.15) is 4.31 Å². The van der Waals surface area contributed by atoms with Gasteiger partial charge < -0.3 is 40.4 Å². The molecule has 2 amide bonds. The average Bonchev–Trinajstić information content (AvgIpc) is 3.35. The van der Waals surface area contributed by atoms with Crippen LogP contribution in [0.4, 0.5) is 15.3 Å². The first kappa shape index (κ1) is 35.9. The van der Waals surface area contributed by atoms with E-state index in [-0.39, 0.29) is 49.3 Å². The molecule has 5 N–H and O–H groups in total. The maximum absolute atomic E-state index is 14.1. The lowest BCUT2D eigenvalue weighted by atomic mass is 9.78. The van der Waals surface area contributed by atoms with Gasteiger partial charge in [-0.25, -0.2) is 18.0 Å². The third-order valence-electron chi connectivity index (χ3n) is 9.40. The minimum Gasteiger partial charge on any atom is -0.450 e. The topological polar surface area (TPSA) is 179 Å². The second-order valence-electron chi connectivity index (χ2n) is 13.8. The summed E-state index contributed by atoms with van der Waals surface area (Å²) in [6.45, 7) is 4.19. The Bertz CT molecular complexity index is 1480. The van der Waals surface area contributed by atoms with E-state index in [1.165, 1.54) is 35.6 Å². The molecule has 5 unspecified atom stereocenters. The Hall–Kier alpha value is -3.43. The molecule has 1 saturated carbocycles. The number of fused-ring (bicyclic) bond motifs is 2. The number of nitrogen functional groups attached to an aromatic ring is 1. The van der Waals surface area contributed by atoms with Crippen molar-refractivity contribution in [3.8, 4) is 0 Å². The molecule has 3 fully saturated rings. The number of carbonyl (C=O) groups is 2. The van der Waals surface area contributed by atoms with Crippen molar-refractivity contribution in [2.45, 2.75) is 81.5 Å². The van der Waals surface area contributed by atoms with E-state index in [4.69, 9.17) is 24.7 Å². The standard InChI is InChI=1S/C34H48N4O9S/c1-34(2,14-7-15-44-32(40)36-3)21-38(48(42,43)26-12-10-25(35)11-13-26)19-28(39)27(16-22-8-5-4-6-9-22)37-33(41)47-30-24-17-23-18-29(30)46-31(23)45-20-24/h4-6,8-13,23-24,27-31,39H,7,14-21,35H2,1-3H3,(H,36,40)(H,37,41)/t23?,24?,27-,28+,29?,30?,31?/m0/s1. The van der Waals surface area contributed by atoms with Crippen LogP contribution in [0, 0.1) is 17.3 Å². The fraction of sp³-hybridized carbons (Fsp3) is 0.588. The number of nitrogens with one attached hydrogen (secondary N) is 2. The predicted octanol–water partition coefficient (Wildman–Crippen LogP) is 3.27. The lowest BCUT2D eigenvalue weighted by Gasteiger charge is -2.37. The van der Waals surface area contributed by atoms with Gasteiger partial charge in [0.25, 0.3) is 0 Å². The van der Waals surface area contributed by atoms with Crippen LogP contribution in [0.25, 0.3) is 0 Å². The van der Waals surface area contributed by atoms with E-state index in [2.05, 4.69) is 10.6 Å². The first-order valence-corrected chi connectivity index (χ1v) is 17.9. The van der Waals surface area contributed by atoms with Gasteiger partial charge >= 0.3 is 12.2 Å². The first-order valence-electron chi connectivity index (χ1n) is 16.5. The monoisotopic (exact) mass is 688 g/mol. The molecule has 3 bridgehead atoms. The van der Waals surface area contributed by atoms with Crippen molar-refractivity contribution in [1.29, 1.82) is 0 Å². The van der Waals surface area contributed by atoms with E-state index in [9.17, 15) is 23.1 Å². The van der Waals surface area contributed by atoms with Crippen LogP contribution in [0.1, 0.15) is 45.1 Å². The number of alkyl carbamates (subject to hydrolysis) is 2. The number of nitrogens with two attached hydrogens (primary N) is 1. The third kappa shape index (κ3) is 8.97. The molecule has 5 rings (SSSR count). The van der Waals surface area contributed by atoms with Crippen LogP contribution in [-0.2, 0) is 35.4 Å². The number of hydrogen-bond donors (Lipinski definition) is 4. The Kier molecular flexibility index (Phi) is 11.5. The van der Waals surface area contributed by atoms with Gasteiger partial charge in [-0.15, -0.1) is 0 Å². The summed E-state index contributed by atoms with van der Waals surface area (Å²) in [5, 5.41) is 17.0. The zero-order valence-electron chi connectivity index (χ0n) is 27.7. The van der Waals surface area contributed by atoms with Gasteiger partial charge in [0.1, 0.15) is 6.10 Å². The Balaban J connectivity index is 1.33. The van der Waals surface area contributed by atoms with Crippen molar-refractivity contribution in [2.24, 2.45) is 17.3 Å². The number of aliphatic hydroxyl groups excluding tert-OH is 1. The van der Waals surface area contributed by atoms with E-state index >= 15 is 0 Å². The number of benzene rings is 2. The molecule has 264 valence electrons. The molecular formula is C34H48N4O9S. The van der Waals surface area contributed by atoms with Crippen LogP contribution >= 0.6 is 0 Å². The quantitative estimate of drug-likeness (QED) is 0.160. The molecule has 13 nitrogen and oxygen atoms in total. The molecule has 14 heteroatoms. The highest BCUT2D eigenvalue weighted by Gasteiger charge is 2.53. The molecule has 0 radical (unpaired) electrons. The highest BCUT2D eigenvalue weighted by Crippen LogP contribution is 2.46. The van der Waals surface area contributed by atoms with E-state index in [1.54, 1.807) is 0 Å². The number of anilines is 1. The summed E-state index contributed by atoms with van der Waals surface area (Å²) in [5.41, 5.74) is 6.52. The van der Waals surface area contributed by atoms with Crippen LogP contribution in [0.3, 0.4) is 0 Å². The van der Waals surface area contributed by atoms with Crippen molar-refractivity contribution in [1.82, 2.24) is 14.9 Å². The number of amides is 2. The number of sulfonamides is 1. The molecular weight excluding hydrogens is 640 g/mol. The maximum atomic E-state index is 14.1. The molecule has 7 atom stereocenters. The molecule has 2 saturated heterocycles.